The van der Waals surface area contributed by atoms with E-state index in [2.05, 4.69) is 5.32 Å². The third kappa shape index (κ3) is 5.36. The molecule has 4 nitrogen and oxygen atoms in total. The van der Waals surface area contributed by atoms with Gasteiger partial charge in [0.05, 0.1) is 6.54 Å². The van der Waals surface area contributed by atoms with Gasteiger partial charge in [-0.1, -0.05) is 18.2 Å². The van der Waals surface area contributed by atoms with Crippen molar-refractivity contribution in [3.63, 3.8) is 0 Å². The van der Waals surface area contributed by atoms with Gasteiger partial charge in [-0.05, 0) is 25.5 Å². The minimum absolute atomic E-state index is 0.0339. The van der Waals surface area contributed by atoms with E-state index in [1.165, 1.54) is 0 Å². The molecule has 0 heterocycles. The number of carbonyl (C=O) groups excluding carboxylic acids is 1. The van der Waals surface area contributed by atoms with Crippen LogP contribution in [0.1, 0.15) is 18.9 Å². The number of benzene rings is 1. The molecule has 1 atom stereocenters. The summed E-state index contributed by atoms with van der Waals surface area (Å²) in [5.74, 6) is 0.822. The fourth-order valence-corrected chi connectivity index (χ4v) is 1.43. The van der Waals surface area contributed by atoms with E-state index in [9.17, 15) is 4.79 Å². The van der Waals surface area contributed by atoms with E-state index in [1.54, 1.807) is 0 Å². The third-order valence-corrected chi connectivity index (χ3v) is 2.28. The molecule has 1 rings (SSSR count). The van der Waals surface area contributed by atoms with Crippen LogP contribution < -0.4 is 15.8 Å². The van der Waals surface area contributed by atoms with Crippen molar-refractivity contribution in [3.8, 4) is 5.75 Å². The molecule has 3 N–H and O–H groups in total. The number of hydrogen-bond donors (Lipinski definition) is 2. The van der Waals surface area contributed by atoms with E-state index >= 15 is 0 Å². The maximum absolute atomic E-state index is 11.3. The molecular formula is C13H20N2O2. The molecular weight excluding hydrogens is 216 g/mol. The Morgan fingerprint density at radius 1 is 1.47 bits per heavy atom. The molecule has 4 heteroatoms. The second-order valence-corrected chi connectivity index (χ2v) is 4.15. The van der Waals surface area contributed by atoms with Gasteiger partial charge in [0.25, 0.3) is 0 Å². The summed E-state index contributed by atoms with van der Waals surface area (Å²) in [6.07, 6.45) is 0.352. The molecule has 0 aliphatic rings. The molecule has 0 fully saturated rings. The molecule has 0 spiro atoms. The van der Waals surface area contributed by atoms with Crippen LogP contribution in [0.4, 0.5) is 0 Å². The largest absolute Gasteiger partial charge is 0.491 e. The maximum Gasteiger partial charge on any atom is 0.221 e. The second kappa shape index (κ2) is 6.91. The first-order valence-corrected chi connectivity index (χ1v) is 5.80. The van der Waals surface area contributed by atoms with Gasteiger partial charge in [0, 0.05) is 12.5 Å². The van der Waals surface area contributed by atoms with Crippen LogP contribution in [0.15, 0.2) is 24.3 Å². The highest BCUT2D eigenvalue weighted by Crippen LogP contribution is 2.15. The fourth-order valence-electron chi connectivity index (χ4n) is 1.43. The first-order chi connectivity index (χ1) is 8.09. The molecule has 0 aromatic heterocycles. The molecule has 1 amide bonds. The Balaban J connectivity index is 2.21. The van der Waals surface area contributed by atoms with Gasteiger partial charge in [-0.2, -0.15) is 0 Å². The molecule has 0 radical (unpaired) electrons. The van der Waals surface area contributed by atoms with Gasteiger partial charge in [-0.25, -0.2) is 0 Å². The lowest BCUT2D eigenvalue weighted by Crippen LogP contribution is -2.32. The number of para-hydroxylation sites is 1. The van der Waals surface area contributed by atoms with Gasteiger partial charge in [-0.15, -0.1) is 0 Å². The zero-order valence-electron chi connectivity index (χ0n) is 10.4. The van der Waals surface area contributed by atoms with E-state index in [0.29, 0.717) is 19.6 Å². The minimum atomic E-state index is -0.104. The van der Waals surface area contributed by atoms with Crippen molar-refractivity contribution in [1.29, 1.82) is 0 Å². The van der Waals surface area contributed by atoms with Gasteiger partial charge >= 0.3 is 0 Å². The van der Waals surface area contributed by atoms with Gasteiger partial charge in [0.2, 0.25) is 5.91 Å². The third-order valence-electron chi connectivity index (χ3n) is 2.28. The topological polar surface area (TPSA) is 64.3 Å². The predicted octanol–water partition coefficient (Wildman–Crippen LogP) is 1.23. The molecule has 1 aromatic carbocycles. The van der Waals surface area contributed by atoms with Crippen molar-refractivity contribution < 1.29 is 9.53 Å². The minimum Gasteiger partial charge on any atom is -0.491 e. The molecule has 1 unspecified atom stereocenters. The number of nitrogens with two attached hydrogens (primary N) is 1. The molecule has 0 bridgehead atoms. The smallest absolute Gasteiger partial charge is 0.221 e. The Kier molecular flexibility index (Phi) is 5.49. The van der Waals surface area contributed by atoms with E-state index < -0.39 is 0 Å². The van der Waals surface area contributed by atoms with Crippen molar-refractivity contribution in [2.45, 2.75) is 26.3 Å². The van der Waals surface area contributed by atoms with E-state index in [4.69, 9.17) is 10.5 Å². The zero-order chi connectivity index (χ0) is 12.7. The van der Waals surface area contributed by atoms with Gasteiger partial charge in [0.15, 0.2) is 0 Å². The highest BCUT2D eigenvalue weighted by atomic mass is 16.5. The van der Waals surface area contributed by atoms with Crippen LogP contribution in [0.25, 0.3) is 0 Å². The van der Waals surface area contributed by atoms with Crippen LogP contribution in [-0.4, -0.2) is 25.1 Å². The van der Waals surface area contributed by atoms with Crippen molar-refractivity contribution in [2.75, 3.05) is 13.2 Å². The molecule has 0 aliphatic heterocycles. The van der Waals surface area contributed by atoms with Crippen LogP contribution >= 0.6 is 0 Å². The molecule has 0 saturated heterocycles. The second-order valence-electron chi connectivity index (χ2n) is 4.15. The maximum atomic E-state index is 11.3. The summed E-state index contributed by atoms with van der Waals surface area (Å²) in [6.45, 7) is 4.77. The lowest BCUT2D eigenvalue weighted by atomic mass is 10.2. The van der Waals surface area contributed by atoms with Gasteiger partial charge in [-0.3, -0.25) is 4.79 Å². The van der Waals surface area contributed by atoms with E-state index in [-0.39, 0.29) is 11.9 Å². The van der Waals surface area contributed by atoms with Crippen molar-refractivity contribution in [2.24, 2.45) is 5.73 Å². The van der Waals surface area contributed by atoms with Crippen LogP contribution in [0.5, 0.6) is 5.75 Å². The van der Waals surface area contributed by atoms with Crippen LogP contribution in [0.2, 0.25) is 0 Å². The highest BCUT2D eigenvalue weighted by Gasteiger charge is 2.04. The molecule has 17 heavy (non-hydrogen) atoms. The number of rotatable bonds is 6. The van der Waals surface area contributed by atoms with Crippen molar-refractivity contribution in [1.82, 2.24) is 5.32 Å². The van der Waals surface area contributed by atoms with E-state index in [0.717, 1.165) is 11.3 Å². The normalized spacial score (nSPS) is 11.9. The van der Waals surface area contributed by atoms with Crippen LogP contribution in [0.3, 0.4) is 0 Å². The molecule has 94 valence electrons. The number of aryl methyl sites for hydroxylation is 1. The zero-order valence-corrected chi connectivity index (χ0v) is 10.4. The number of carbonyl (C=O) groups is 1. The summed E-state index contributed by atoms with van der Waals surface area (Å²) in [5, 5.41) is 2.76. The average Bonchev–Trinajstić information content (AvgIpc) is 2.25. The SMILES string of the molecule is Cc1ccccc1OCCNC(=O)CC(C)N. The number of hydrogen-bond acceptors (Lipinski definition) is 3. The Hall–Kier alpha value is -1.55. The number of amides is 1. The predicted molar refractivity (Wildman–Crippen MR) is 68.0 cm³/mol. The Bertz CT molecular complexity index is 364. The summed E-state index contributed by atoms with van der Waals surface area (Å²) < 4.78 is 5.55. The summed E-state index contributed by atoms with van der Waals surface area (Å²) in [7, 11) is 0. The molecule has 1 aromatic rings. The first-order valence-electron chi connectivity index (χ1n) is 5.80. The highest BCUT2D eigenvalue weighted by molar-refractivity contribution is 5.76. The Morgan fingerprint density at radius 2 is 2.18 bits per heavy atom. The number of nitrogens with one attached hydrogen (secondary N) is 1. The lowest BCUT2D eigenvalue weighted by molar-refractivity contribution is -0.121. The standard InChI is InChI=1S/C13H20N2O2/c1-10-5-3-4-6-12(10)17-8-7-15-13(16)9-11(2)14/h3-6,11H,7-9,14H2,1-2H3,(H,15,16). The van der Waals surface area contributed by atoms with E-state index in [1.807, 2.05) is 38.1 Å². The summed E-state index contributed by atoms with van der Waals surface area (Å²) in [6, 6.07) is 7.69. The van der Waals surface area contributed by atoms with Gasteiger partial charge in [0.1, 0.15) is 12.4 Å². The summed E-state index contributed by atoms with van der Waals surface area (Å²) in [4.78, 5) is 11.3. The summed E-state index contributed by atoms with van der Waals surface area (Å²) >= 11 is 0. The van der Waals surface area contributed by atoms with Crippen molar-refractivity contribution >= 4 is 5.91 Å². The van der Waals surface area contributed by atoms with Gasteiger partial charge < -0.3 is 15.8 Å². The first kappa shape index (κ1) is 13.5. The Morgan fingerprint density at radius 3 is 2.82 bits per heavy atom. The Labute approximate surface area is 102 Å². The van der Waals surface area contributed by atoms with Crippen LogP contribution in [0, 0.1) is 6.92 Å². The fraction of sp³-hybridized carbons (Fsp3) is 0.462. The molecule has 0 saturated carbocycles. The monoisotopic (exact) mass is 236 g/mol. The average molecular weight is 236 g/mol. The van der Waals surface area contributed by atoms with Crippen molar-refractivity contribution in [3.05, 3.63) is 29.8 Å². The molecule has 0 aliphatic carbocycles. The summed E-state index contributed by atoms with van der Waals surface area (Å²) in [5.41, 5.74) is 6.61. The van der Waals surface area contributed by atoms with Crippen LogP contribution in [-0.2, 0) is 4.79 Å². The quantitative estimate of drug-likeness (QED) is 0.730. The lowest BCUT2D eigenvalue weighted by Gasteiger charge is -2.10. The number of ether oxygens (including phenoxy) is 1.